The molecule has 2 N–H and O–H groups in total. The molecule has 0 saturated heterocycles. The number of thiophene rings is 1. The van der Waals surface area contributed by atoms with Crippen molar-refractivity contribution in [3.8, 4) is 0 Å². The maximum Gasteiger partial charge on any atom is 0.241 e. The van der Waals surface area contributed by atoms with E-state index in [0.717, 1.165) is 25.5 Å². The summed E-state index contributed by atoms with van der Waals surface area (Å²) in [6.45, 7) is 6.40. The van der Waals surface area contributed by atoms with Crippen LogP contribution >= 0.6 is 35.3 Å². The summed E-state index contributed by atoms with van der Waals surface area (Å²) in [6, 6.07) is 4.20. The van der Waals surface area contributed by atoms with Gasteiger partial charge in [-0.05, 0) is 31.7 Å². The Hall–Kier alpha value is -0.830. The monoisotopic (exact) mass is 424 g/mol. The van der Waals surface area contributed by atoms with Crippen molar-refractivity contribution in [1.29, 1.82) is 0 Å². The van der Waals surface area contributed by atoms with Gasteiger partial charge in [-0.1, -0.05) is 6.07 Å². The van der Waals surface area contributed by atoms with Crippen molar-refractivity contribution < 1.29 is 4.79 Å². The summed E-state index contributed by atoms with van der Waals surface area (Å²) in [5.41, 5.74) is 0. The van der Waals surface area contributed by atoms with E-state index in [4.69, 9.17) is 0 Å². The molecule has 0 aliphatic heterocycles. The van der Waals surface area contributed by atoms with E-state index in [1.807, 2.05) is 20.9 Å². The Morgan fingerprint density at radius 1 is 1.33 bits per heavy atom. The first-order chi connectivity index (χ1) is 9.67. The van der Waals surface area contributed by atoms with Crippen molar-refractivity contribution in [2.45, 2.75) is 20.3 Å². The summed E-state index contributed by atoms with van der Waals surface area (Å²) in [7, 11) is 1.99. The molecule has 0 aliphatic carbocycles. The number of amides is 1. The highest BCUT2D eigenvalue weighted by Gasteiger charge is 2.07. The molecule has 1 amide bonds. The second-order valence-corrected chi connectivity index (χ2v) is 5.41. The van der Waals surface area contributed by atoms with Crippen LogP contribution in [0.5, 0.6) is 0 Å². The molecule has 1 rings (SSSR count). The van der Waals surface area contributed by atoms with Gasteiger partial charge in [-0.25, -0.2) is 4.99 Å². The van der Waals surface area contributed by atoms with E-state index in [1.54, 1.807) is 11.3 Å². The maximum atomic E-state index is 11.5. The first-order valence-electron chi connectivity index (χ1n) is 6.95. The third-order valence-corrected chi connectivity index (χ3v) is 3.65. The van der Waals surface area contributed by atoms with Crippen LogP contribution in [0.3, 0.4) is 0 Å². The highest BCUT2D eigenvalue weighted by atomic mass is 127. The first-order valence-corrected chi connectivity index (χ1v) is 7.83. The third kappa shape index (κ3) is 8.25. The Bertz CT molecular complexity index is 423. The molecule has 21 heavy (non-hydrogen) atoms. The largest absolute Gasteiger partial charge is 0.357 e. The minimum absolute atomic E-state index is 0. The fourth-order valence-electron chi connectivity index (χ4n) is 1.71. The van der Waals surface area contributed by atoms with Gasteiger partial charge >= 0.3 is 0 Å². The Morgan fingerprint density at radius 3 is 2.62 bits per heavy atom. The highest BCUT2D eigenvalue weighted by Crippen LogP contribution is 2.09. The zero-order valence-electron chi connectivity index (χ0n) is 12.9. The van der Waals surface area contributed by atoms with E-state index in [0.29, 0.717) is 6.54 Å². The number of hydrogen-bond donors (Lipinski definition) is 2. The second kappa shape index (κ2) is 11.8. The van der Waals surface area contributed by atoms with Crippen molar-refractivity contribution in [1.82, 2.24) is 15.5 Å². The molecule has 1 aromatic heterocycles. The lowest BCUT2D eigenvalue weighted by atomic mass is 10.3. The average molecular weight is 424 g/mol. The molecule has 0 radical (unpaired) electrons. The number of likely N-dealkylation sites (N-methyl/N-ethyl adjacent to an activating group) is 2. The van der Waals surface area contributed by atoms with Crippen LogP contribution in [-0.4, -0.2) is 50.0 Å². The van der Waals surface area contributed by atoms with Crippen LogP contribution in [-0.2, 0) is 11.2 Å². The molecule has 0 atom stereocenters. The standard InChI is InChI=1S/C14H24N4OS.HI/c1-4-15-13(19)11-17-14(16-5-2)18(3)9-8-12-7-6-10-20-12;/h6-7,10H,4-5,8-9,11H2,1-3H3,(H,15,19)(H,16,17);1H. The van der Waals surface area contributed by atoms with Gasteiger partial charge in [0.2, 0.25) is 5.91 Å². The number of nitrogens with zero attached hydrogens (tertiary/aromatic N) is 2. The number of rotatable bonds is 7. The molecule has 0 aromatic carbocycles. The molecule has 0 fully saturated rings. The van der Waals surface area contributed by atoms with E-state index < -0.39 is 0 Å². The van der Waals surface area contributed by atoms with Crippen LogP contribution < -0.4 is 10.6 Å². The fraction of sp³-hybridized carbons (Fsp3) is 0.571. The maximum absolute atomic E-state index is 11.5. The molecule has 1 heterocycles. The van der Waals surface area contributed by atoms with Crippen LogP contribution in [0.4, 0.5) is 0 Å². The van der Waals surface area contributed by atoms with Gasteiger partial charge in [-0.3, -0.25) is 4.79 Å². The molecule has 1 aromatic rings. The van der Waals surface area contributed by atoms with E-state index in [1.165, 1.54) is 4.88 Å². The number of carbonyl (C=O) groups excluding carboxylic acids is 1. The third-order valence-electron chi connectivity index (χ3n) is 2.72. The van der Waals surface area contributed by atoms with Gasteiger partial charge in [0.15, 0.2) is 5.96 Å². The Kier molecular flexibility index (Phi) is 11.3. The quantitative estimate of drug-likeness (QED) is 0.400. The summed E-state index contributed by atoms with van der Waals surface area (Å²) < 4.78 is 0. The normalized spacial score (nSPS) is 10.7. The first kappa shape index (κ1) is 20.2. The van der Waals surface area contributed by atoms with Crippen LogP contribution in [0.1, 0.15) is 18.7 Å². The zero-order chi connectivity index (χ0) is 14.8. The lowest BCUT2D eigenvalue weighted by Crippen LogP contribution is -2.40. The predicted octanol–water partition coefficient (Wildman–Crippen LogP) is 1.94. The molecule has 0 bridgehead atoms. The minimum atomic E-state index is -0.0467. The van der Waals surface area contributed by atoms with Crippen molar-refractivity contribution >= 4 is 47.2 Å². The summed E-state index contributed by atoms with van der Waals surface area (Å²) in [5.74, 6) is 0.727. The summed E-state index contributed by atoms with van der Waals surface area (Å²) in [4.78, 5) is 19.2. The molecule has 0 saturated carbocycles. The van der Waals surface area contributed by atoms with Crippen LogP contribution in [0.25, 0.3) is 0 Å². The minimum Gasteiger partial charge on any atom is -0.357 e. The van der Waals surface area contributed by atoms with Gasteiger partial charge in [0.05, 0.1) is 0 Å². The summed E-state index contributed by atoms with van der Waals surface area (Å²) >= 11 is 1.76. The van der Waals surface area contributed by atoms with Gasteiger partial charge in [0.25, 0.3) is 0 Å². The Balaban J connectivity index is 0.00000400. The zero-order valence-corrected chi connectivity index (χ0v) is 16.0. The number of carbonyl (C=O) groups is 1. The second-order valence-electron chi connectivity index (χ2n) is 4.37. The van der Waals surface area contributed by atoms with Crippen molar-refractivity contribution in [2.24, 2.45) is 4.99 Å². The van der Waals surface area contributed by atoms with Crippen LogP contribution in [0.15, 0.2) is 22.5 Å². The molecule has 7 heteroatoms. The number of nitrogens with one attached hydrogen (secondary N) is 2. The molecule has 120 valence electrons. The van der Waals surface area contributed by atoms with E-state index in [2.05, 4.69) is 38.0 Å². The average Bonchev–Trinajstić information content (AvgIpc) is 2.94. The van der Waals surface area contributed by atoms with Crippen LogP contribution in [0.2, 0.25) is 0 Å². The summed E-state index contributed by atoms with van der Waals surface area (Å²) in [6.07, 6.45) is 0.986. The topological polar surface area (TPSA) is 56.7 Å². The van der Waals surface area contributed by atoms with Crippen molar-refractivity contribution in [3.05, 3.63) is 22.4 Å². The highest BCUT2D eigenvalue weighted by molar-refractivity contribution is 14.0. The fourth-order valence-corrected chi connectivity index (χ4v) is 2.41. The van der Waals surface area contributed by atoms with E-state index >= 15 is 0 Å². The van der Waals surface area contributed by atoms with Gasteiger partial charge in [0, 0.05) is 31.6 Å². The van der Waals surface area contributed by atoms with Gasteiger partial charge in [-0.15, -0.1) is 35.3 Å². The smallest absolute Gasteiger partial charge is 0.241 e. The van der Waals surface area contributed by atoms with Crippen molar-refractivity contribution in [2.75, 3.05) is 33.2 Å². The molecule has 0 unspecified atom stereocenters. The Labute approximate surface area is 148 Å². The number of hydrogen-bond acceptors (Lipinski definition) is 3. The molecule has 5 nitrogen and oxygen atoms in total. The SMILES string of the molecule is CCNC(=O)CN=C(NCC)N(C)CCc1cccs1.I. The van der Waals surface area contributed by atoms with E-state index in [-0.39, 0.29) is 36.4 Å². The van der Waals surface area contributed by atoms with E-state index in [9.17, 15) is 4.79 Å². The molecular weight excluding hydrogens is 399 g/mol. The molecule has 0 spiro atoms. The van der Waals surface area contributed by atoms with Gasteiger partial charge in [0.1, 0.15) is 6.54 Å². The molecule has 0 aliphatic rings. The van der Waals surface area contributed by atoms with Gasteiger partial charge < -0.3 is 15.5 Å². The van der Waals surface area contributed by atoms with Crippen LogP contribution in [0, 0.1) is 0 Å². The Morgan fingerprint density at radius 2 is 2.05 bits per heavy atom. The molecular formula is C14H25IN4OS. The summed E-state index contributed by atoms with van der Waals surface area (Å²) in [5, 5.41) is 8.04. The number of aliphatic imine (C=N–C) groups is 1. The number of guanidine groups is 1. The van der Waals surface area contributed by atoms with Crippen molar-refractivity contribution in [3.63, 3.8) is 0 Å². The lowest BCUT2D eigenvalue weighted by molar-refractivity contribution is -0.119. The predicted molar refractivity (Wildman–Crippen MR) is 101 cm³/mol. The number of halogens is 1. The lowest BCUT2D eigenvalue weighted by Gasteiger charge is -2.21. The van der Waals surface area contributed by atoms with Gasteiger partial charge in [-0.2, -0.15) is 0 Å².